The van der Waals surface area contributed by atoms with Crippen molar-refractivity contribution in [1.82, 2.24) is 0 Å². The van der Waals surface area contributed by atoms with Crippen LogP contribution in [-0.4, -0.2) is 49.3 Å². The number of benzene rings is 3. The summed E-state index contributed by atoms with van der Waals surface area (Å²) in [7, 11) is 0. The first-order chi connectivity index (χ1) is 19.3. The minimum Gasteiger partial charge on any atom is -0.459 e. The monoisotopic (exact) mass is 546 g/mol. The minimum absolute atomic E-state index is 0.0286. The molecule has 2 unspecified atom stereocenters. The highest BCUT2D eigenvalue weighted by Gasteiger charge is 2.15. The van der Waals surface area contributed by atoms with E-state index >= 15 is 0 Å². The number of aryl methyl sites for hydroxylation is 2. The number of carbonyl (C=O) groups excluding carboxylic acids is 4. The number of carbonyl (C=O) groups is 4. The van der Waals surface area contributed by atoms with Crippen molar-refractivity contribution in [2.24, 2.45) is 0 Å². The summed E-state index contributed by atoms with van der Waals surface area (Å²) in [4.78, 5) is 48.6. The Morgan fingerprint density at radius 1 is 0.575 bits per heavy atom. The quantitative estimate of drug-likeness (QED) is 0.202. The summed E-state index contributed by atoms with van der Waals surface area (Å²) in [5.74, 6) is -1.71. The van der Waals surface area contributed by atoms with E-state index in [1.54, 1.807) is 62.4 Å². The topological polar surface area (TPSA) is 105 Å². The second-order valence-corrected chi connectivity index (χ2v) is 9.35. The minimum atomic E-state index is -0.568. The first kappa shape index (κ1) is 30.1. The number of hydrogen-bond donors (Lipinski definition) is 0. The van der Waals surface area contributed by atoms with Crippen LogP contribution in [0, 0.1) is 0 Å². The summed E-state index contributed by atoms with van der Waals surface area (Å²) >= 11 is 0. The molecule has 0 radical (unpaired) electrons. The lowest BCUT2D eigenvalue weighted by molar-refractivity contribution is -0.150. The molecule has 0 amide bonds. The Morgan fingerprint density at radius 2 is 0.975 bits per heavy atom. The van der Waals surface area contributed by atoms with Crippen LogP contribution in [0.25, 0.3) is 0 Å². The molecule has 0 aliphatic carbocycles. The molecule has 2 atom stereocenters. The summed E-state index contributed by atoms with van der Waals surface area (Å²) in [6.07, 6.45) is 0.140. The Morgan fingerprint density at radius 3 is 1.38 bits per heavy atom. The van der Waals surface area contributed by atoms with Crippen LogP contribution in [0.4, 0.5) is 0 Å². The van der Waals surface area contributed by atoms with Gasteiger partial charge in [-0.1, -0.05) is 60.7 Å². The second kappa shape index (κ2) is 15.8. The van der Waals surface area contributed by atoms with E-state index in [1.165, 1.54) is 0 Å². The van der Waals surface area contributed by atoms with E-state index in [4.69, 9.17) is 18.9 Å². The highest BCUT2D eigenvalue weighted by molar-refractivity contribution is 5.89. The largest absolute Gasteiger partial charge is 0.459 e. The van der Waals surface area contributed by atoms with Gasteiger partial charge in [-0.3, -0.25) is 9.59 Å². The molecule has 0 aliphatic rings. The molecule has 0 saturated carbocycles. The maximum Gasteiger partial charge on any atom is 0.338 e. The van der Waals surface area contributed by atoms with Crippen molar-refractivity contribution < 1.29 is 38.1 Å². The van der Waals surface area contributed by atoms with Crippen LogP contribution in [-0.2, 0) is 41.4 Å². The van der Waals surface area contributed by atoms with Gasteiger partial charge in [-0.05, 0) is 62.1 Å². The molecule has 8 heteroatoms. The summed E-state index contributed by atoms with van der Waals surface area (Å²) in [5, 5.41) is 0. The molecular formula is C32H34O8. The van der Waals surface area contributed by atoms with Crippen molar-refractivity contribution in [3.05, 3.63) is 107 Å². The Balaban J connectivity index is 1.33. The van der Waals surface area contributed by atoms with Gasteiger partial charge < -0.3 is 18.9 Å². The molecule has 3 rings (SSSR count). The molecule has 3 aromatic rings. The number of hydrogen-bond acceptors (Lipinski definition) is 8. The van der Waals surface area contributed by atoms with Gasteiger partial charge >= 0.3 is 23.9 Å². The van der Waals surface area contributed by atoms with Crippen molar-refractivity contribution in [2.75, 3.05) is 13.2 Å². The summed E-state index contributed by atoms with van der Waals surface area (Å²) in [6.45, 7) is 3.28. The van der Waals surface area contributed by atoms with Crippen LogP contribution < -0.4 is 0 Å². The van der Waals surface area contributed by atoms with Gasteiger partial charge in [0.1, 0.15) is 25.4 Å². The average Bonchev–Trinajstić information content (AvgIpc) is 2.97. The molecule has 0 fully saturated rings. The Bertz CT molecular complexity index is 1160. The third kappa shape index (κ3) is 10.7. The number of rotatable bonds is 14. The Hall–Kier alpha value is -4.46. The normalized spacial score (nSPS) is 12.1. The van der Waals surface area contributed by atoms with Crippen LogP contribution in [0.2, 0.25) is 0 Å². The van der Waals surface area contributed by atoms with E-state index in [2.05, 4.69) is 0 Å². The van der Waals surface area contributed by atoms with Crippen LogP contribution in [0.15, 0.2) is 84.9 Å². The molecule has 3 aromatic carbocycles. The van der Waals surface area contributed by atoms with Crippen LogP contribution >= 0.6 is 0 Å². The van der Waals surface area contributed by atoms with Gasteiger partial charge in [-0.25, -0.2) is 9.59 Å². The molecule has 0 bridgehead atoms. The zero-order chi connectivity index (χ0) is 28.7. The molecule has 40 heavy (non-hydrogen) atoms. The predicted octanol–water partition coefficient (Wildman–Crippen LogP) is 5.13. The fourth-order valence-corrected chi connectivity index (χ4v) is 3.77. The van der Waals surface area contributed by atoms with Gasteiger partial charge in [-0.2, -0.15) is 0 Å². The Kier molecular flexibility index (Phi) is 11.9. The Labute approximate surface area is 234 Å². The van der Waals surface area contributed by atoms with E-state index in [0.717, 1.165) is 11.1 Å². The molecule has 0 aliphatic heterocycles. The lowest BCUT2D eigenvalue weighted by atomic mass is 10.0. The molecule has 0 heterocycles. The molecule has 0 aromatic heterocycles. The van der Waals surface area contributed by atoms with Crippen molar-refractivity contribution in [3.63, 3.8) is 0 Å². The van der Waals surface area contributed by atoms with E-state index in [9.17, 15) is 19.2 Å². The molecule has 0 spiro atoms. The SMILES string of the molecule is CC(COC(=O)c1ccccc1)OC(=O)CCc1cccc(CCC(=O)OC(C)COC(=O)c2ccccc2)c1. The molecular weight excluding hydrogens is 512 g/mol. The fourth-order valence-electron chi connectivity index (χ4n) is 3.77. The average molecular weight is 547 g/mol. The molecule has 8 nitrogen and oxygen atoms in total. The smallest absolute Gasteiger partial charge is 0.338 e. The van der Waals surface area contributed by atoms with E-state index in [1.807, 2.05) is 36.4 Å². The first-order valence-corrected chi connectivity index (χ1v) is 13.2. The van der Waals surface area contributed by atoms with Gasteiger partial charge in [0.05, 0.1) is 11.1 Å². The summed E-state index contributed by atoms with van der Waals surface area (Å²) < 4.78 is 21.1. The van der Waals surface area contributed by atoms with Crippen molar-refractivity contribution in [3.8, 4) is 0 Å². The predicted molar refractivity (Wildman–Crippen MR) is 148 cm³/mol. The van der Waals surface area contributed by atoms with E-state index in [0.29, 0.717) is 24.0 Å². The maximum atomic E-state index is 12.3. The molecule has 0 N–H and O–H groups in total. The van der Waals surface area contributed by atoms with Gasteiger partial charge in [0, 0.05) is 12.8 Å². The third-order valence-corrected chi connectivity index (χ3v) is 5.81. The number of esters is 4. The van der Waals surface area contributed by atoms with Crippen molar-refractivity contribution in [2.45, 2.75) is 51.7 Å². The van der Waals surface area contributed by atoms with Crippen LogP contribution in [0.1, 0.15) is 58.5 Å². The highest BCUT2D eigenvalue weighted by atomic mass is 16.6. The summed E-state index contributed by atoms with van der Waals surface area (Å²) in [6, 6.07) is 24.8. The molecule has 210 valence electrons. The third-order valence-electron chi connectivity index (χ3n) is 5.81. The van der Waals surface area contributed by atoms with Crippen molar-refractivity contribution in [1.29, 1.82) is 0 Å². The van der Waals surface area contributed by atoms with Gasteiger partial charge in [0.15, 0.2) is 0 Å². The standard InChI is InChI=1S/C32H34O8/c1-23(21-37-31(35)27-12-5-3-6-13-27)39-29(33)18-16-25-10-9-11-26(20-25)17-19-30(34)40-24(2)22-38-32(36)28-14-7-4-8-15-28/h3-15,20,23-24H,16-19,21-22H2,1-2H3. The fraction of sp³-hybridized carbons (Fsp3) is 0.312. The van der Waals surface area contributed by atoms with Crippen LogP contribution in [0.5, 0.6) is 0 Å². The van der Waals surface area contributed by atoms with Crippen LogP contribution in [0.3, 0.4) is 0 Å². The first-order valence-electron chi connectivity index (χ1n) is 13.2. The second-order valence-electron chi connectivity index (χ2n) is 9.35. The maximum absolute atomic E-state index is 12.3. The van der Waals surface area contributed by atoms with E-state index < -0.39 is 24.1 Å². The lowest BCUT2D eigenvalue weighted by Gasteiger charge is -2.14. The lowest BCUT2D eigenvalue weighted by Crippen LogP contribution is -2.22. The molecule has 0 saturated heterocycles. The van der Waals surface area contributed by atoms with Gasteiger partial charge in [0.25, 0.3) is 0 Å². The van der Waals surface area contributed by atoms with E-state index in [-0.39, 0.29) is 38.0 Å². The zero-order valence-electron chi connectivity index (χ0n) is 22.7. The van der Waals surface area contributed by atoms with Crippen molar-refractivity contribution >= 4 is 23.9 Å². The van der Waals surface area contributed by atoms with Gasteiger partial charge in [-0.15, -0.1) is 0 Å². The highest BCUT2D eigenvalue weighted by Crippen LogP contribution is 2.12. The van der Waals surface area contributed by atoms with Gasteiger partial charge in [0.2, 0.25) is 0 Å². The zero-order valence-corrected chi connectivity index (χ0v) is 22.7. The number of ether oxygens (including phenoxy) is 4. The summed E-state index contributed by atoms with van der Waals surface area (Å²) in [5.41, 5.74) is 2.75.